The molecule has 1 amide bonds. The van der Waals surface area contributed by atoms with Gasteiger partial charge < -0.3 is 14.5 Å². The van der Waals surface area contributed by atoms with Crippen molar-refractivity contribution in [3.63, 3.8) is 0 Å². The molecule has 1 heterocycles. The highest BCUT2D eigenvalue weighted by Crippen LogP contribution is 2.37. The number of rotatable bonds is 5. The smallest absolute Gasteiger partial charge is 0.248 e. The number of hydrogen-bond donors (Lipinski definition) is 1. The first-order chi connectivity index (χ1) is 15.4. The van der Waals surface area contributed by atoms with E-state index in [2.05, 4.69) is 5.32 Å². The summed E-state index contributed by atoms with van der Waals surface area (Å²) >= 11 is 6.14. The fourth-order valence-corrected chi connectivity index (χ4v) is 3.75. The van der Waals surface area contributed by atoms with Gasteiger partial charge in [0.1, 0.15) is 17.1 Å². The van der Waals surface area contributed by atoms with Crippen LogP contribution in [-0.2, 0) is 4.79 Å². The molecule has 1 aromatic heterocycles. The topological polar surface area (TPSA) is 51.5 Å². The maximum absolute atomic E-state index is 13.3. The molecule has 0 saturated heterocycles. The van der Waals surface area contributed by atoms with Crippen LogP contribution in [0.5, 0.6) is 5.75 Å². The number of benzene rings is 3. The number of allylic oxidation sites excluding steroid dienone is 1. The minimum absolute atomic E-state index is 0.277. The second-order valence-corrected chi connectivity index (χ2v) is 7.84. The number of furan rings is 1. The normalized spacial score (nSPS) is 11.6. The summed E-state index contributed by atoms with van der Waals surface area (Å²) in [6.45, 7) is 3.69. The summed E-state index contributed by atoms with van der Waals surface area (Å²) in [4.78, 5) is 12.7. The number of nitrogens with one attached hydrogen (secondary N) is 1. The highest BCUT2D eigenvalue weighted by molar-refractivity contribution is 6.31. The first kappa shape index (κ1) is 21.7. The quantitative estimate of drug-likeness (QED) is 0.326. The second-order valence-electron chi connectivity index (χ2n) is 7.43. The lowest BCUT2D eigenvalue weighted by Crippen LogP contribution is -2.10. The van der Waals surface area contributed by atoms with E-state index in [4.69, 9.17) is 20.8 Å². The largest absolute Gasteiger partial charge is 0.496 e. The highest BCUT2D eigenvalue weighted by atomic mass is 35.5. The summed E-state index contributed by atoms with van der Waals surface area (Å²) in [6, 6.07) is 15.3. The third-order valence-corrected chi connectivity index (χ3v) is 5.76. The SMILES string of the molecule is COc1cc2occ(-c3ccc(F)cc3)c2cc1/C(C)=C/C(=O)Nc1cccc(Cl)c1C. The minimum Gasteiger partial charge on any atom is -0.496 e. The Balaban J connectivity index is 1.71. The van der Waals surface area contributed by atoms with Crippen LogP contribution < -0.4 is 10.1 Å². The number of anilines is 1. The van der Waals surface area contributed by atoms with Crippen molar-refractivity contribution < 1.29 is 18.3 Å². The molecule has 0 fully saturated rings. The van der Waals surface area contributed by atoms with Gasteiger partial charge in [0.05, 0.1) is 13.4 Å². The molecule has 0 aliphatic carbocycles. The molecule has 0 aliphatic rings. The molecule has 162 valence electrons. The maximum atomic E-state index is 13.3. The number of carbonyl (C=O) groups excluding carboxylic acids is 1. The summed E-state index contributed by atoms with van der Waals surface area (Å²) in [5, 5.41) is 4.30. The van der Waals surface area contributed by atoms with E-state index in [0.29, 0.717) is 27.6 Å². The first-order valence-electron chi connectivity index (χ1n) is 9.97. The van der Waals surface area contributed by atoms with E-state index in [1.165, 1.54) is 18.2 Å². The van der Waals surface area contributed by atoms with E-state index >= 15 is 0 Å². The molecule has 0 bridgehead atoms. The molecular formula is C26H21ClFNO3. The van der Waals surface area contributed by atoms with Gasteiger partial charge in [-0.15, -0.1) is 0 Å². The molecule has 6 heteroatoms. The Labute approximate surface area is 190 Å². The van der Waals surface area contributed by atoms with Gasteiger partial charge in [-0.1, -0.05) is 29.8 Å². The predicted octanol–water partition coefficient (Wildman–Crippen LogP) is 7.25. The summed E-state index contributed by atoms with van der Waals surface area (Å²) in [5.41, 5.74) is 5.22. The van der Waals surface area contributed by atoms with Crippen LogP contribution >= 0.6 is 11.6 Å². The predicted molar refractivity (Wildman–Crippen MR) is 127 cm³/mol. The van der Waals surface area contributed by atoms with Crippen molar-refractivity contribution in [3.8, 4) is 16.9 Å². The zero-order valence-corrected chi connectivity index (χ0v) is 18.6. The van der Waals surface area contributed by atoms with E-state index in [1.807, 2.05) is 19.9 Å². The van der Waals surface area contributed by atoms with Crippen LogP contribution in [0.4, 0.5) is 10.1 Å². The third-order valence-electron chi connectivity index (χ3n) is 5.35. The fraction of sp³-hybridized carbons (Fsp3) is 0.115. The average Bonchev–Trinajstić information content (AvgIpc) is 3.19. The van der Waals surface area contributed by atoms with Crippen molar-refractivity contribution in [2.24, 2.45) is 0 Å². The lowest BCUT2D eigenvalue weighted by atomic mass is 9.99. The molecule has 0 aliphatic heterocycles. The van der Waals surface area contributed by atoms with Gasteiger partial charge in [0.25, 0.3) is 0 Å². The lowest BCUT2D eigenvalue weighted by Gasteiger charge is -2.11. The number of carbonyl (C=O) groups is 1. The van der Waals surface area contributed by atoms with Crippen molar-refractivity contribution in [3.05, 3.63) is 88.9 Å². The molecule has 0 spiro atoms. The summed E-state index contributed by atoms with van der Waals surface area (Å²) < 4.78 is 24.6. The molecule has 0 atom stereocenters. The number of ether oxygens (including phenoxy) is 1. The monoisotopic (exact) mass is 449 g/mol. The molecular weight excluding hydrogens is 429 g/mol. The molecule has 3 aromatic carbocycles. The van der Waals surface area contributed by atoms with Crippen molar-refractivity contribution in [2.75, 3.05) is 12.4 Å². The number of halogens is 2. The van der Waals surface area contributed by atoms with Gasteiger partial charge in [-0.3, -0.25) is 4.79 Å². The van der Waals surface area contributed by atoms with Gasteiger partial charge in [-0.2, -0.15) is 0 Å². The molecule has 0 radical (unpaired) electrons. The number of amides is 1. The summed E-state index contributed by atoms with van der Waals surface area (Å²) in [5.74, 6) is 0.00241. The van der Waals surface area contributed by atoms with Crippen LogP contribution in [0.25, 0.3) is 27.7 Å². The Kier molecular flexibility index (Phi) is 6.01. The molecule has 0 unspecified atom stereocenters. The van der Waals surface area contributed by atoms with Crippen LogP contribution in [0, 0.1) is 12.7 Å². The van der Waals surface area contributed by atoms with Crippen molar-refractivity contribution in [2.45, 2.75) is 13.8 Å². The van der Waals surface area contributed by atoms with Crippen LogP contribution in [0.2, 0.25) is 5.02 Å². The van der Waals surface area contributed by atoms with E-state index in [1.54, 1.807) is 49.8 Å². The van der Waals surface area contributed by atoms with Crippen LogP contribution in [0.3, 0.4) is 0 Å². The lowest BCUT2D eigenvalue weighted by molar-refractivity contribution is -0.111. The highest BCUT2D eigenvalue weighted by Gasteiger charge is 2.15. The van der Waals surface area contributed by atoms with Gasteiger partial charge in [-0.05, 0) is 60.9 Å². The molecule has 0 saturated carbocycles. The van der Waals surface area contributed by atoms with Gasteiger partial charge in [0, 0.05) is 39.4 Å². The van der Waals surface area contributed by atoms with Crippen LogP contribution in [0.1, 0.15) is 18.1 Å². The zero-order valence-electron chi connectivity index (χ0n) is 17.8. The van der Waals surface area contributed by atoms with E-state index in [9.17, 15) is 9.18 Å². The summed E-state index contributed by atoms with van der Waals surface area (Å²) in [6.07, 6.45) is 3.15. The number of fused-ring (bicyclic) bond motifs is 1. The van der Waals surface area contributed by atoms with Gasteiger partial charge in [0.15, 0.2) is 0 Å². The van der Waals surface area contributed by atoms with E-state index in [0.717, 1.165) is 27.6 Å². The second kappa shape index (κ2) is 8.89. The van der Waals surface area contributed by atoms with Crippen molar-refractivity contribution >= 4 is 39.7 Å². The third kappa shape index (κ3) is 4.25. The van der Waals surface area contributed by atoms with Gasteiger partial charge in [-0.25, -0.2) is 4.39 Å². The van der Waals surface area contributed by atoms with Crippen molar-refractivity contribution in [1.29, 1.82) is 0 Å². The summed E-state index contributed by atoms with van der Waals surface area (Å²) in [7, 11) is 1.57. The van der Waals surface area contributed by atoms with Crippen molar-refractivity contribution in [1.82, 2.24) is 0 Å². The van der Waals surface area contributed by atoms with Crippen LogP contribution in [-0.4, -0.2) is 13.0 Å². The minimum atomic E-state index is -0.302. The van der Waals surface area contributed by atoms with E-state index < -0.39 is 0 Å². The zero-order chi connectivity index (χ0) is 22.8. The molecule has 4 nitrogen and oxygen atoms in total. The van der Waals surface area contributed by atoms with Gasteiger partial charge in [0.2, 0.25) is 5.91 Å². The van der Waals surface area contributed by atoms with Gasteiger partial charge >= 0.3 is 0 Å². The Morgan fingerprint density at radius 1 is 1.16 bits per heavy atom. The Bertz CT molecular complexity index is 1340. The average molecular weight is 450 g/mol. The molecule has 4 rings (SSSR count). The Morgan fingerprint density at radius 2 is 1.91 bits per heavy atom. The Morgan fingerprint density at radius 3 is 2.62 bits per heavy atom. The first-order valence-corrected chi connectivity index (χ1v) is 10.3. The Hall–Kier alpha value is -3.57. The maximum Gasteiger partial charge on any atom is 0.248 e. The van der Waals surface area contributed by atoms with Crippen LogP contribution in [0.15, 0.2) is 71.4 Å². The molecule has 32 heavy (non-hydrogen) atoms. The number of methoxy groups -OCH3 is 1. The fourth-order valence-electron chi connectivity index (χ4n) is 3.57. The molecule has 4 aromatic rings. The van der Waals surface area contributed by atoms with E-state index in [-0.39, 0.29) is 11.7 Å². The standard InChI is InChI=1S/C26H21ClFNO3/c1-15(11-26(30)29-23-6-4-5-22(27)16(23)2)19-12-20-21(17-7-9-18(28)10-8-17)14-32-25(20)13-24(19)31-3/h4-14H,1-3H3,(H,29,30)/b15-11+. The molecule has 1 N–H and O–H groups in total. The number of hydrogen-bond acceptors (Lipinski definition) is 3.